The van der Waals surface area contributed by atoms with Gasteiger partial charge in [0.15, 0.2) is 0 Å². The fourth-order valence-corrected chi connectivity index (χ4v) is 1.77. The number of ether oxygens (including phenoxy) is 1. The average Bonchev–Trinajstić information content (AvgIpc) is 2.34. The Balaban J connectivity index is 2.87. The summed E-state index contributed by atoms with van der Waals surface area (Å²) in [6, 6.07) is 1.92. The fourth-order valence-electron chi connectivity index (χ4n) is 1.77. The zero-order chi connectivity index (χ0) is 13.4. The van der Waals surface area contributed by atoms with Crippen LogP contribution in [-0.2, 0) is 0 Å². The zero-order valence-corrected chi connectivity index (χ0v) is 11.9. The Hall–Kier alpha value is -1.36. The number of rotatable bonds is 8. The highest BCUT2D eigenvalue weighted by Crippen LogP contribution is 2.17. The van der Waals surface area contributed by atoms with Crippen LogP contribution in [0.15, 0.2) is 6.07 Å². The maximum Gasteiger partial charge on any atom is 0.218 e. The van der Waals surface area contributed by atoms with Crippen molar-refractivity contribution in [3.63, 3.8) is 0 Å². The van der Waals surface area contributed by atoms with Crippen LogP contribution >= 0.6 is 0 Å². The third-order valence-corrected chi connectivity index (χ3v) is 2.54. The molecule has 1 aromatic heterocycles. The minimum atomic E-state index is 0.625. The number of aromatic nitrogens is 2. The minimum absolute atomic E-state index is 0.625. The maximum absolute atomic E-state index is 5.47. The summed E-state index contributed by atoms with van der Waals surface area (Å²) in [5.41, 5.74) is 0. The number of hydrogen-bond donors (Lipinski definition) is 1. The zero-order valence-electron chi connectivity index (χ0n) is 11.9. The van der Waals surface area contributed by atoms with Crippen LogP contribution in [0.2, 0.25) is 0 Å². The second-order valence-electron chi connectivity index (χ2n) is 4.14. The molecular formula is C13H24N4O. The van der Waals surface area contributed by atoms with Crippen LogP contribution < -0.4 is 15.0 Å². The SMILES string of the molecule is CCCN(CCNC)c1cc(OCC)nc(C)n1. The molecule has 0 spiro atoms. The minimum Gasteiger partial charge on any atom is -0.478 e. The molecule has 0 aliphatic carbocycles. The lowest BCUT2D eigenvalue weighted by molar-refractivity contribution is 0.325. The van der Waals surface area contributed by atoms with Crippen molar-refractivity contribution in [1.29, 1.82) is 0 Å². The normalized spacial score (nSPS) is 10.4. The van der Waals surface area contributed by atoms with Gasteiger partial charge in [0.05, 0.1) is 6.61 Å². The van der Waals surface area contributed by atoms with E-state index in [2.05, 4.69) is 27.1 Å². The highest BCUT2D eigenvalue weighted by molar-refractivity contribution is 5.41. The molecule has 1 aromatic rings. The van der Waals surface area contributed by atoms with Crippen molar-refractivity contribution in [2.24, 2.45) is 0 Å². The third-order valence-electron chi connectivity index (χ3n) is 2.54. The number of anilines is 1. The number of likely N-dealkylation sites (N-methyl/N-ethyl adjacent to an activating group) is 1. The lowest BCUT2D eigenvalue weighted by Gasteiger charge is -2.23. The van der Waals surface area contributed by atoms with Crippen molar-refractivity contribution in [3.05, 3.63) is 11.9 Å². The first-order valence-corrected chi connectivity index (χ1v) is 6.59. The average molecular weight is 252 g/mol. The number of hydrogen-bond acceptors (Lipinski definition) is 5. The molecule has 0 saturated carbocycles. The van der Waals surface area contributed by atoms with Crippen molar-refractivity contribution in [2.45, 2.75) is 27.2 Å². The quantitative estimate of drug-likeness (QED) is 0.762. The molecule has 18 heavy (non-hydrogen) atoms. The van der Waals surface area contributed by atoms with E-state index in [0.717, 1.165) is 37.7 Å². The Morgan fingerprint density at radius 2 is 2.06 bits per heavy atom. The lowest BCUT2D eigenvalue weighted by atomic mass is 10.3. The van der Waals surface area contributed by atoms with Gasteiger partial charge in [-0.15, -0.1) is 0 Å². The Kier molecular flexibility index (Phi) is 6.43. The van der Waals surface area contributed by atoms with Crippen LogP contribution in [0.4, 0.5) is 5.82 Å². The smallest absolute Gasteiger partial charge is 0.218 e. The molecule has 1 rings (SSSR count). The van der Waals surface area contributed by atoms with E-state index in [1.165, 1.54) is 0 Å². The molecule has 0 aliphatic rings. The first-order chi connectivity index (χ1) is 8.71. The molecule has 5 heteroatoms. The van der Waals surface area contributed by atoms with Crippen LogP contribution in [0.1, 0.15) is 26.1 Å². The predicted molar refractivity (Wildman–Crippen MR) is 74.4 cm³/mol. The van der Waals surface area contributed by atoms with Gasteiger partial charge in [-0.2, -0.15) is 4.98 Å². The summed E-state index contributed by atoms with van der Waals surface area (Å²) >= 11 is 0. The summed E-state index contributed by atoms with van der Waals surface area (Å²) in [7, 11) is 1.96. The maximum atomic E-state index is 5.47. The molecule has 0 aliphatic heterocycles. The second-order valence-corrected chi connectivity index (χ2v) is 4.14. The monoisotopic (exact) mass is 252 g/mol. The molecule has 0 unspecified atom stereocenters. The van der Waals surface area contributed by atoms with Crippen molar-refractivity contribution >= 4 is 5.82 Å². The van der Waals surface area contributed by atoms with Gasteiger partial charge in [0.2, 0.25) is 5.88 Å². The fraction of sp³-hybridized carbons (Fsp3) is 0.692. The first-order valence-electron chi connectivity index (χ1n) is 6.59. The van der Waals surface area contributed by atoms with Crippen LogP contribution in [0.25, 0.3) is 0 Å². The van der Waals surface area contributed by atoms with Gasteiger partial charge < -0.3 is 15.0 Å². The molecule has 0 atom stereocenters. The van der Waals surface area contributed by atoms with E-state index in [1.54, 1.807) is 0 Å². The van der Waals surface area contributed by atoms with Gasteiger partial charge >= 0.3 is 0 Å². The molecule has 5 nitrogen and oxygen atoms in total. The number of aryl methyl sites for hydroxylation is 1. The van der Waals surface area contributed by atoms with Gasteiger partial charge in [0.25, 0.3) is 0 Å². The molecule has 1 N–H and O–H groups in total. The van der Waals surface area contributed by atoms with Crippen LogP contribution in [0.3, 0.4) is 0 Å². The number of nitrogens with one attached hydrogen (secondary N) is 1. The Labute approximate surface area is 110 Å². The summed E-state index contributed by atoms with van der Waals surface area (Å²) in [6.07, 6.45) is 1.09. The second kappa shape index (κ2) is 7.87. The summed E-state index contributed by atoms with van der Waals surface area (Å²) in [5, 5.41) is 3.16. The molecule has 0 aromatic carbocycles. The Bertz CT molecular complexity index is 357. The summed E-state index contributed by atoms with van der Waals surface area (Å²) in [4.78, 5) is 11.0. The third kappa shape index (κ3) is 4.49. The Morgan fingerprint density at radius 3 is 2.67 bits per heavy atom. The molecule has 102 valence electrons. The molecule has 0 bridgehead atoms. The highest BCUT2D eigenvalue weighted by atomic mass is 16.5. The van der Waals surface area contributed by atoms with E-state index < -0.39 is 0 Å². The van der Waals surface area contributed by atoms with E-state index in [1.807, 2.05) is 27.0 Å². The lowest BCUT2D eigenvalue weighted by Crippen LogP contribution is -2.32. The van der Waals surface area contributed by atoms with Crippen LogP contribution in [-0.4, -0.2) is 43.3 Å². The van der Waals surface area contributed by atoms with E-state index >= 15 is 0 Å². The molecule has 1 heterocycles. The van der Waals surface area contributed by atoms with Crippen molar-refractivity contribution in [1.82, 2.24) is 15.3 Å². The van der Waals surface area contributed by atoms with Crippen LogP contribution in [0.5, 0.6) is 5.88 Å². The first kappa shape index (κ1) is 14.7. The topological polar surface area (TPSA) is 50.3 Å². The van der Waals surface area contributed by atoms with Crippen molar-refractivity contribution in [3.8, 4) is 5.88 Å². The van der Waals surface area contributed by atoms with Crippen molar-refractivity contribution < 1.29 is 4.74 Å². The molecule has 0 radical (unpaired) electrons. The molecule has 0 fully saturated rings. The van der Waals surface area contributed by atoms with Gasteiger partial charge in [0.1, 0.15) is 11.6 Å². The van der Waals surface area contributed by atoms with E-state index in [-0.39, 0.29) is 0 Å². The summed E-state index contributed by atoms with van der Waals surface area (Å²) in [5.74, 6) is 2.36. The highest BCUT2D eigenvalue weighted by Gasteiger charge is 2.10. The standard InChI is InChI=1S/C13H24N4O/c1-5-8-17(9-7-14-4)12-10-13(18-6-2)16-11(3)15-12/h10,14H,5-9H2,1-4H3. The van der Waals surface area contributed by atoms with Gasteiger partial charge in [-0.3, -0.25) is 0 Å². The van der Waals surface area contributed by atoms with Crippen LogP contribution in [0, 0.1) is 6.92 Å². The van der Waals surface area contributed by atoms with E-state index in [4.69, 9.17) is 4.74 Å². The van der Waals surface area contributed by atoms with Gasteiger partial charge in [-0.1, -0.05) is 6.92 Å². The largest absolute Gasteiger partial charge is 0.478 e. The van der Waals surface area contributed by atoms with Gasteiger partial charge in [0, 0.05) is 25.7 Å². The summed E-state index contributed by atoms with van der Waals surface area (Å²) < 4.78 is 5.47. The summed E-state index contributed by atoms with van der Waals surface area (Å²) in [6.45, 7) is 9.52. The molecular weight excluding hydrogens is 228 g/mol. The predicted octanol–water partition coefficient (Wildman–Crippen LogP) is 1.62. The van der Waals surface area contributed by atoms with Gasteiger partial charge in [-0.25, -0.2) is 4.98 Å². The van der Waals surface area contributed by atoms with Crippen molar-refractivity contribution in [2.75, 3.05) is 38.2 Å². The van der Waals surface area contributed by atoms with E-state index in [0.29, 0.717) is 12.5 Å². The van der Waals surface area contributed by atoms with E-state index in [9.17, 15) is 0 Å². The Morgan fingerprint density at radius 1 is 1.28 bits per heavy atom. The molecule has 0 amide bonds. The van der Waals surface area contributed by atoms with Gasteiger partial charge in [-0.05, 0) is 27.3 Å². The molecule has 0 saturated heterocycles. The number of nitrogens with zero attached hydrogens (tertiary/aromatic N) is 3.